The van der Waals surface area contributed by atoms with Crippen LogP contribution in [0.5, 0.6) is 17.2 Å². The Bertz CT molecular complexity index is 822. The summed E-state index contributed by atoms with van der Waals surface area (Å²) in [7, 11) is 0. The van der Waals surface area contributed by atoms with E-state index in [0.29, 0.717) is 29.1 Å². The molecule has 0 unspecified atom stereocenters. The molecule has 0 atom stereocenters. The van der Waals surface area contributed by atoms with Gasteiger partial charge in [-0.05, 0) is 46.2 Å². The molecular formula is C25H38O5. The average molecular weight is 419 g/mol. The van der Waals surface area contributed by atoms with Gasteiger partial charge in [-0.25, -0.2) is 4.79 Å². The molecule has 1 aromatic carbocycles. The molecule has 0 bridgehead atoms. The van der Waals surface area contributed by atoms with Crippen LogP contribution in [0.3, 0.4) is 0 Å². The number of benzene rings is 1. The molecule has 0 aliphatic carbocycles. The van der Waals surface area contributed by atoms with Gasteiger partial charge in [0.1, 0.15) is 11.3 Å². The number of hydrogen-bond acceptors (Lipinski definition) is 5. The number of fused-ring (bicyclic) bond motifs is 1. The molecule has 5 heteroatoms. The minimum absolute atomic E-state index is 0.0369. The monoisotopic (exact) mass is 418 g/mol. The molecule has 0 saturated carbocycles. The van der Waals surface area contributed by atoms with Gasteiger partial charge in [-0.15, -0.1) is 0 Å². The highest BCUT2D eigenvalue weighted by Gasteiger charge is 2.19. The molecule has 5 nitrogen and oxygen atoms in total. The summed E-state index contributed by atoms with van der Waals surface area (Å²) in [6, 6.07) is 5.45. The van der Waals surface area contributed by atoms with E-state index in [9.17, 15) is 4.79 Å². The fourth-order valence-corrected chi connectivity index (χ4v) is 3.37. The highest BCUT2D eigenvalue weighted by molar-refractivity contribution is 5.86. The van der Waals surface area contributed by atoms with Gasteiger partial charge >= 0.3 is 5.63 Å². The molecule has 0 aliphatic heterocycles. The number of ether oxygens (including phenoxy) is 3. The minimum Gasteiger partial charge on any atom is -0.491 e. The van der Waals surface area contributed by atoms with Gasteiger partial charge in [-0.3, -0.25) is 0 Å². The lowest BCUT2D eigenvalue weighted by Gasteiger charge is -2.17. The van der Waals surface area contributed by atoms with Crippen molar-refractivity contribution in [3.8, 4) is 17.2 Å². The quantitative estimate of drug-likeness (QED) is 0.247. The first-order valence-corrected chi connectivity index (χ1v) is 11.5. The molecule has 0 fully saturated rings. The Balaban J connectivity index is 2.06. The van der Waals surface area contributed by atoms with Crippen molar-refractivity contribution in [2.45, 2.75) is 98.2 Å². The first kappa shape index (κ1) is 24.1. The highest BCUT2D eigenvalue weighted by Crippen LogP contribution is 2.35. The molecule has 0 aliphatic rings. The Morgan fingerprint density at radius 3 is 2.10 bits per heavy atom. The normalized spacial score (nSPS) is 11.4. The molecule has 0 radical (unpaired) electrons. The van der Waals surface area contributed by atoms with Gasteiger partial charge in [-0.2, -0.15) is 0 Å². The van der Waals surface area contributed by atoms with Gasteiger partial charge in [0.15, 0.2) is 5.75 Å². The third-order valence-electron chi connectivity index (χ3n) is 4.76. The van der Waals surface area contributed by atoms with E-state index in [1.807, 2.05) is 39.8 Å². The minimum atomic E-state index is -0.514. The van der Waals surface area contributed by atoms with Gasteiger partial charge in [0.05, 0.1) is 24.2 Å². The van der Waals surface area contributed by atoms with E-state index in [-0.39, 0.29) is 18.0 Å². The third kappa shape index (κ3) is 7.58. The second-order valence-corrected chi connectivity index (χ2v) is 8.36. The van der Waals surface area contributed by atoms with Gasteiger partial charge in [0, 0.05) is 6.07 Å². The van der Waals surface area contributed by atoms with E-state index in [1.54, 1.807) is 6.07 Å². The number of unbranched alkanes of at least 4 members (excludes halogenated alkanes) is 7. The Hall–Kier alpha value is -2.17. The van der Waals surface area contributed by atoms with Gasteiger partial charge in [0.25, 0.3) is 0 Å². The maximum atomic E-state index is 12.6. The second kappa shape index (κ2) is 12.5. The predicted octanol–water partition coefficient (Wildman–Crippen LogP) is 6.89. The summed E-state index contributed by atoms with van der Waals surface area (Å²) in [6.07, 6.45) is 9.65. The molecular weight excluding hydrogens is 380 g/mol. The van der Waals surface area contributed by atoms with Crippen molar-refractivity contribution in [3.05, 3.63) is 28.6 Å². The second-order valence-electron chi connectivity index (χ2n) is 8.36. The van der Waals surface area contributed by atoms with Crippen LogP contribution in [0.25, 0.3) is 11.0 Å². The molecule has 0 saturated heterocycles. The predicted molar refractivity (Wildman–Crippen MR) is 122 cm³/mol. The van der Waals surface area contributed by atoms with Crippen LogP contribution in [0, 0.1) is 0 Å². The fourth-order valence-electron chi connectivity index (χ4n) is 3.37. The summed E-state index contributed by atoms with van der Waals surface area (Å²) in [5.74, 6) is 1.27. The van der Waals surface area contributed by atoms with Crippen LogP contribution in [-0.4, -0.2) is 18.8 Å². The zero-order chi connectivity index (χ0) is 21.9. The van der Waals surface area contributed by atoms with Crippen molar-refractivity contribution in [3.63, 3.8) is 0 Å². The Morgan fingerprint density at radius 2 is 1.47 bits per heavy atom. The maximum absolute atomic E-state index is 12.6. The van der Waals surface area contributed by atoms with Crippen LogP contribution < -0.4 is 19.8 Å². The van der Waals surface area contributed by atoms with E-state index in [0.717, 1.165) is 12.8 Å². The smallest absolute Gasteiger partial charge is 0.383 e. The van der Waals surface area contributed by atoms with E-state index >= 15 is 0 Å². The topological polar surface area (TPSA) is 57.9 Å². The van der Waals surface area contributed by atoms with Crippen LogP contribution in [0.2, 0.25) is 0 Å². The Kier molecular flexibility index (Phi) is 10.0. The van der Waals surface area contributed by atoms with E-state index in [4.69, 9.17) is 18.6 Å². The van der Waals surface area contributed by atoms with Gasteiger partial charge in [0.2, 0.25) is 5.75 Å². The van der Waals surface area contributed by atoms with Crippen LogP contribution in [0.4, 0.5) is 0 Å². The van der Waals surface area contributed by atoms with Crippen LogP contribution in [-0.2, 0) is 0 Å². The maximum Gasteiger partial charge on any atom is 0.383 e. The van der Waals surface area contributed by atoms with Crippen molar-refractivity contribution in [1.29, 1.82) is 0 Å². The van der Waals surface area contributed by atoms with Crippen molar-refractivity contribution in [1.82, 2.24) is 0 Å². The van der Waals surface area contributed by atoms with E-state index in [1.165, 1.54) is 38.5 Å². The molecule has 168 valence electrons. The van der Waals surface area contributed by atoms with Crippen molar-refractivity contribution >= 4 is 11.0 Å². The zero-order valence-electron chi connectivity index (χ0n) is 19.3. The van der Waals surface area contributed by atoms with E-state index < -0.39 is 5.63 Å². The lowest BCUT2D eigenvalue weighted by atomic mass is 10.1. The van der Waals surface area contributed by atoms with Gasteiger partial charge in [-0.1, -0.05) is 51.9 Å². The number of hydrogen-bond donors (Lipinski definition) is 0. The molecule has 2 rings (SSSR count). The third-order valence-corrected chi connectivity index (χ3v) is 4.76. The van der Waals surface area contributed by atoms with Gasteiger partial charge < -0.3 is 18.6 Å². The fraction of sp³-hybridized carbons (Fsp3) is 0.640. The summed E-state index contributed by atoms with van der Waals surface area (Å²) in [5.41, 5.74) is -0.0763. The summed E-state index contributed by atoms with van der Waals surface area (Å²) in [5, 5.41) is 0.713. The molecule has 30 heavy (non-hydrogen) atoms. The largest absolute Gasteiger partial charge is 0.491 e. The van der Waals surface area contributed by atoms with Crippen molar-refractivity contribution in [2.24, 2.45) is 0 Å². The van der Waals surface area contributed by atoms with Crippen LogP contribution in [0.15, 0.2) is 27.4 Å². The lowest BCUT2D eigenvalue weighted by Crippen LogP contribution is -2.14. The molecule has 0 N–H and O–H groups in total. The standard InChI is InChI=1S/C25H38O5/c1-6-7-8-9-10-11-12-13-16-27-24-23(29-19(4)5)21-15-14-20(28-18(2)3)17-22(21)30-25(24)26/h14-15,17-19H,6-13,16H2,1-5H3. The first-order valence-electron chi connectivity index (χ1n) is 11.5. The lowest BCUT2D eigenvalue weighted by molar-refractivity contribution is 0.216. The van der Waals surface area contributed by atoms with Crippen LogP contribution in [0.1, 0.15) is 86.0 Å². The van der Waals surface area contributed by atoms with Crippen molar-refractivity contribution < 1.29 is 18.6 Å². The van der Waals surface area contributed by atoms with Crippen LogP contribution >= 0.6 is 0 Å². The Morgan fingerprint density at radius 1 is 0.833 bits per heavy atom. The van der Waals surface area contributed by atoms with Crippen molar-refractivity contribution in [2.75, 3.05) is 6.61 Å². The Labute approximate surface area is 180 Å². The summed E-state index contributed by atoms with van der Waals surface area (Å²) < 4.78 is 23.1. The summed E-state index contributed by atoms with van der Waals surface area (Å²) >= 11 is 0. The molecule has 0 spiro atoms. The molecule has 0 amide bonds. The molecule has 1 aromatic heterocycles. The number of rotatable bonds is 14. The summed E-state index contributed by atoms with van der Waals surface area (Å²) in [4.78, 5) is 12.6. The first-order chi connectivity index (χ1) is 14.4. The zero-order valence-corrected chi connectivity index (χ0v) is 19.3. The summed E-state index contributed by atoms with van der Waals surface area (Å²) in [6.45, 7) is 10.5. The molecule has 1 heterocycles. The molecule has 2 aromatic rings. The average Bonchev–Trinajstić information content (AvgIpc) is 2.67. The highest BCUT2D eigenvalue weighted by atomic mass is 16.5. The van der Waals surface area contributed by atoms with E-state index in [2.05, 4.69) is 6.92 Å². The SMILES string of the molecule is CCCCCCCCCCOc1c(OC(C)C)c2ccc(OC(C)C)cc2oc1=O.